The van der Waals surface area contributed by atoms with Crippen molar-refractivity contribution in [1.29, 1.82) is 0 Å². The first kappa shape index (κ1) is 27.1. The molecule has 208 valence electrons. The monoisotopic (exact) mass is 567 g/mol. The van der Waals surface area contributed by atoms with Crippen molar-refractivity contribution in [1.82, 2.24) is 19.9 Å². The molecule has 4 aromatic rings. The Morgan fingerprint density at radius 1 is 1.02 bits per heavy atom. The molecule has 2 aromatic carbocycles. The summed E-state index contributed by atoms with van der Waals surface area (Å²) in [6.07, 6.45) is 5.60. The summed E-state index contributed by atoms with van der Waals surface area (Å²) in [4.78, 5) is 16.8. The Morgan fingerprint density at radius 2 is 1.80 bits per heavy atom. The minimum absolute atomic E-state index is 0.0160. The fourth-order valence-electron chi connectivity index (χ4n) is 4.58. The van der Waals surface area contributed by atoms with E-state index < -0.39 is 26.6 Å². The molecule has 5 rings (SSSR count). The van der Waals surface area contributed by atoms with Crippen molar-refractivity contribution in [3.05, 3.63) is 72.6 Å². The summed E-state index contributed by atoms with van der Waals surface area (Å²) in [5.41, 5.74) is 7.94. The number of anilines is 3. The second-order valence-electron chi connectivity index (χ2n) is 9.10. The number of methoxy groups -OCH3 is 1. The number of aromatic nitrogens is 3. The van der Waals surface area contributed by atoms with Gasteiger partial charge in [0.1, 0.15) is 28.0 Å². The van der Waals surface area contributed by atoms with Crippen molar-refractivity contribution in [3.8, 4) is 17.0 Å². The Hall–Kier alpha value is -4.52. The molecule has 3 heterocycles. The first-order chi connectivity index (χ1) is 19.2. The molecule has 3 N–H and O–H groups in total. The predicted octanol–water partition coefficient (Wildman–Crippen LogP) is 4.02. The highest BCUT2D eigenvalue weighted by Crippen LogP contribution is 2.34. The smallest absolute Gasteiger partial charge is 0.264 e. The molecule has 40 heavy (non-hydrogen) atoms. The maximum Gasteiger partial charge on any atom is 0.264 e. The lowest BCUT2D eigenvalue weighted by molar-refractivity contribution is 0.348. The molecule has 0 aliphatic carbocycles. The van der Waals surface area contributed by atoms with Crippen LogP contribution in [0.4, 0.5) is 26.2 Å². The topological polar surface area (TPSA) is 127 Å². The Kier molecular flexibility index (Phi) is 7.39. The summed E-state index contributed by atoms with van der Waals surface area (Å²) >= 11 is 0. The average Bonchev–Trinajstić information content (AvgIpc) is 2.92. The number of fused-ring (bicyclic) bond motifs is 1. The maximum atomic E-state index is 14.3. The van der Waals surface area contributed by atoms with Gasteiger partial charge in [-0.1, -0.05) is 12.1 Å². The summed E-state index contributed by atoms with van der Waals surface area (Å²) in [6.45, 7) is 5.14. The summed E-state index contributed by atoms with van der Waals surface area (Å²) in [5, 5.41) is 0.775. The van der Waals surface area contributed by atoms with Crippen molar-refractivity contribution in [2.45, 2.75) is 11.8 Å². The van der Waals surface area contributed by atoms with E-state index in [0.29, 0.717) is 28.5 Å². The van der Waals surface area contributed by atoms with Crippen LogP contribution in [0.1, 0.15) is 6.92 Å². The van der Waals surface area contributed by atoms with Gasteiger partial charge in [0.2, 0.25) is 11.8 Å². The summed E-state index contributed by atoms with van der Waals surface area (Å²) in [6, 6.07) is 9.26. The van der Waals surface area contributed by atoms with Gasteiger partial charge >= 0.3 is 0 Å². The van der Waals surface area contributed by atoms with Crippen LogP contribution in [0.25, 0.3) is 22.0 Å². The number of sulfonamides is 1. The summed E-state index contributed by atoms with van der Waals surface area (Å²) < 4.78 is 61.0. The SMILES string of the molecule is CC=CN1CCN(c2nc(N)nc3ccc(-c4cnc(OC)c(NS(=O)(=O)c5ccc(F)cc5F)c4)cc23)CC1. The Balaban J connectivity index is 1.52. The van der Waals surface area contributed by atoms with Gasteiger partial charge in [-0.15, -0.1) is 0 Å². The van der Waals surface area contributed by atoms with Gasteiger partial charge in [-0.3, -0.25) is 4.72 Å². The van der Waals surface area contributed by atoms with E-state index in [2.05, 4.69) is 35.7 Å². The molecule has 1 aliphatic heterocycles. The van der Waals surface area contributed by atoms with E-state index in [9.17, 15) is 17.2 Å². The number of nitrogens with one attached hydrogen (secondary N) is 1. The van der Waals surface area contributed by atoms with Gasteiger partial charge < -0.3 is 20.3 Å². The van der Waals surface area contributed by atoms with Crippen molar-refractivity contribution in [3.63, 3.8) is 0 Å². The molecule has 0 spiro atoms. The summed E-state index contributed by atoms with van der Waals surface area (Å²) in [7, 11) is -3.09. The average molecular weight is 568 g/mol. The van der Waals surface area contributed by atoms with Gasteiger partial charge in [-0.05, 0) is 49.0 Å². The van der Waals surface area contributed by atoms with E-state index in [1.807, 2.05) is 31.2 Å². The Morgan fingerprint density at radius 3 is 2.50 bits per heavy atom. The van der Waals surface area contributed by atoms with Crippen LogP contribution in [-0.2, 0) is 10.0 Å². The first-order valence-corrected chi connectivity index (χ1v) is 13.9. The molecule has 0 saturated carbocycles. The van der Waals surface area contributed by atoms with Crippen LogP contribution in [0.5, 0.6) is 5.88 Å². The number of allylic oxidation sites excluding steroid dienone is 1. The van der Waals surface area contributed by atoms with Crippen molar-refractivity contribution in [2.75, 3.05) is 48.6 Å². The van der Waals surface area contributed by atoms with Crippen LogP contribution < -0.4 is 20.1 Å². The molecule has 0 amide bonds. The molecule has 0 radical (unpaired) electrons. The number of nitrogen functional groups attached to an aromatic ring is 1. The number of benzene rings is 2. The van der Waals surface area contributed by atoms with Gasteiger partial charge in [-0.2, -0.15) is 4.98 Å². The van der Waals surface area contributed by atoms with Gasteiger partial charge in [0.05, 0.1) is 12.6 Å². The van der Waals surface area contributed by atoms with Crippen molar-refractivity contribution < 1.29 is 21.9 Å². The third-order valence-corrected chi connectivity index (χ3v) is 7.87. The molecule has 0 atom stereocenters. The van der Waals surface area contributed by atoms with Gasteiger partial charge in [0.25, 0.3) is 10.0 Å². The molecule has 1 fully saturated rings. The quantitative estimate of drug-likeness (QED) is 0.341. The highest BCUT2D eigenvalue weighted by atomic mass is 32.2. The third-order valence-electron chi connectivity index (χ3n) is 6.47. The van der Waals surface area contributed by atoms with E-state index in [1.165, 1.54) is 19.4 Å². The van der Waals surface area contributed by atoms with E-state index in [-0.39, 0.29) is 17.5 Å². The Bertz CT molecular complexity index is 1710. The fraction of sp³-hybridized carbons (Fsp3) is 0.222. The second-order valence-corrected chi connectivity index (χ2v) is 10.8. The molecule has 10 nitrogen and oxygen atoms in total. The zero-order valence-corrected chi connectivity index (χ0v) is 22.6. The zero-order valence-electron chi connectivity index (χ0n) is 21.8. The van der Waals surface area contributed by atoms with E-state index in [4.69, 9.17) is 10.5 Å². The number of halogens is 2. The maximum absolute atomic E-state index is 14.3. The number of rotatable bonds is 7. The third kappa shape index (κ3) is 5.45. The molecular formula is C27H27F2N7O3S. The number of piperazine rings is 1. The molecule has 1 aliphatic rings. The molecular weight excluding hydrogens is 540 g/mol. The lowest BCUT2D eigenvalue weighted by Gasteiger charge is -2.35. The van der Waals surface area contributed by atoms with E-state index >= 15 is 0 Å². The van der Waals surface area contributed by atoms with Crippen LogP contribution in [0.15, 0.2) is 65.8 Å². The summed E-state index contributed by atoms with van der Waals surface area (Å²) in [5.74, 6) is -1.26. The lowest BCUT2D eigenvalue weighted by Crippen LogP contribution is -2.44. The fourth-order valence-corrected chi connectivity index (χ4v) is 5.69. The van der Waals surface area contributed by atoms with Crippen molar-refractivity contribution in [2.24, 2.45) is 0 Å². The highest BCUT2D eigenvalue weighted by molar-refractivity contribution is 7.92. The van der Waals surface area contributed by atoms with Gasteiger partial charge in [0.15, 0.2) is 0 Å². The van der Waals surface area contributed by atoms with Crippen LogP contribution in [0.3, 0.4) is 0 Å². The number of pyridine rings is 1. The zero-order chi connectivity index (χ0) is 28.4. The largest absolute Gasteiger partial charge is 0.480 e. The number of ether oxygens (including phenoxy) is 1. The normalized spacial score (nSPS) is 14.2. The standard InChI is InChI=1S/C27H27F2N7O3S/c1-3-8-35-9-11-36(12-10-35)25-20-13-17(4-6-22(20)32-27(30)33-25)18-14-23(26(39-2)31-16-18)34-40(37,38)24-7-5-19(28)15-21(24)29/h3-8,13-16,34H,9-12H2,1-2H3,(H2,30,32,33). The predicted molar refractivity (Wildman–Crippen MR) is 149 cm³/mol. The van der Waals surface area contributed by atoms with Crippen LogP contribution in [0, 0.1) is 11.6 Å². The molecule has 1 saturated heterocycles. The number of nitrogens with two attached hydrogens (primary N) is 1. The lowest BCUT2D eigenvalue weighted by atomic mass is 10.0. The molecule has 0 unspecified atom stereocenters. The minimum atomic E-state index is -4.42. The van der Waals surface area contributed by atoms with Gasteiger partial charge in [-0.25, -0.2) is 27.2 Å². The van der Waals surface area contributed by atoms with Crippen LogP contribution >= 0.6 is 0 Å². The second kappa shape index (κ2) is 10.9. The first-order valence-electron chi connectivity index (χ1n) is 12.4. The Labute approximate surface area is 230 Å². The highest BCUT2D eigenvalue weighted by Gasteiger charge is 2.23. The molecule has 0 bridgehead atoms. The number of nitrogens with zero attached hydrogens (tertiary/aromatic N) is 5. The van der Waals surface area contributed by atoms with Gasteiger partial charge in [0, 0.05) is 49.4 Å². The minimum Gasteiger partial charge on any atom is -0.480 e. The molecule has 2 aromatic heterocycles. The van der Waals surface area contributed by atoms with Crippen LogP contribution in [-0.4, -0.2) is 61.6 Å². The van der Waals surface area contributed by atoms with E-state index in [0.717, 1.165) is 43.7 Å². The number of hydrogen-bond donors (Lipinski definition) is 2. The number of hydrogen-bond acceptors (Lipinski definition) is 9. The van der Waals surface area contributed by atoms with Crippen molar-refractivity contribution >= 4 is 38.4 Å². The molecule has 13 heteroatoms. The van der Waals surface area contributed by atoms with E-state index in [1.54, 1.807) is 0 Å². The van der Waals surface area contributed by atoms with Crippen LogP contribution in [0.2, 0.25) is 0 Å².